The molecule has 1 atom stereocenters. The summed E-state index contributed by atoms with van der Waals surface area (Å²) >= 11 is 0. The molecule has 0 radical (unpaired) electrons. The number of rotatable bonds is 6. The number of aliphatic hydroxyl groups excluding tert-OH is 1. The average molecular weight is 318 g/mol. The minimum Gasteiger partial charge on any atom is -0.508 e. The molecule has 1 aliphatic rings. The molecule has 23 heavy (non-hydrogen) atoms. The fourth-order valence-corrected chi connectivity index (χ4v) is 2.84. The molecule has 0 aliphatic carbocycles. The Hall–Kier alpha value is -2.34. The number of aromatic hydroxyl groups is 1. The maximum atomic E-state index is 12.4. The number of hydrogen-bond donors (Lipinski definition) is 2. The number of phenolic OH excluding ortho intramolecular Hbond substituents is 1. The quantitative estimate of drug-likeness (QED) is 0.833. The molecule has 1 aromatic carbocycles. The molecular weight excluding hydrogens is 296 g/mol. The Balaban J connectivity index is 2.39. The minimum absolute atomic E-state index is 0.00337. The second kappa shape index (κ2) is 6.83. The number of ketones is 1. The number of para-hydroxylation sites is 1. The van der Waals surface area contributed by atoms with E-state index >= 15 is 0 Å². The van der Waals surface area contributed by atoms with E-state index in [2.05, 4.69) is 0 Å². The van der Waals surface area contributed by atoms with Crippen LogP contribution in [0.2, 0.25) is 0 Å². The summed E-state index contributed by atoms with van der Waals surface area (Å²) in [4.78, 5) is 27.7. The fraction of sp³-hybridized carbons (Fsp3) is 0.412. The predicted molar refractivity (Wildman–Crippen MR) is 86.1 cm³/mol. The van der Waals surface area contributed by atoms with E-state index in [4.69, 9.17) is 0 Å². The summed E-state index contributed by atoms with van der Waals surface area (Å²) in [5, 5.41) is 20.2. The molecule has 2 rings (SSSR count). The molecule has 1 amide bonds. The number of aliphatic hydroxyl groups is 1. The van der Waals surface area contributed by atoms with Gasteiger partial charge in [-0.3, -0.25) is 9.59 Å². The molecule has 1 aliphatic heterocycles. The van der Waals surface area contributed by atoms with Crippen molar-refractivity contribution in [3.05, 3.63) is 41.2 Å². The van der Waals surface area contributed by atoms with Crippen LogP contribution in [-0.2, 0) is 9.59 Å². The van der Waals surface area contributed by atoms with E-state index in [-0.39, 0.29) is 17.1 Å². The smallest absolute Gasteiger partial charge is 0.290 e. The molecule has 1 aromatic rings. The monoisotopic (exact) mass is 318 g/mol. The molecule has 1 unspecified atom stereocenters. The summed E-state index contributed by atoms with van der Waals surface area (Å²) < 4.78 is 0. The Morgan fingerprint density at radius 1 is 1.26 bits per heavy atom. The van der Waals surface area contributed by atoms with Gasteiger partial charge in [0.25, 0.3) is 5.91 Å². The summed E-state index contributed by atoms with van der Waals surface area (Å²) in [6.45, 7) is 2.47. The average Bonchev–Trinajstić information content (AvgIpc) is 2.72. The first kappa shape index (κ1) is 17.0. The first-order valence-electron chi connectivity index (χ1n) is 7.52. The highest BCUT2D eigenvalue weighted by Gasteiger charge is 2.42. The first-order valence-corrected chi connectivity index (χ1v) is 7.52. The Kier molecular flexibility index (Phi) is 5.05. The standard InChI is InChI=1S/C17H22N2O4/c1-11(20)14-15(12-7-4-5-8-13(12)21)19(17(23)16(14)22)10-6-9-18(2)3/h4-5,7-8,15,21-22H,6,9-10H2,1-3H3. The zero-order valence-corrected chi connectivity index (χ0v) is 13.6. The third kappa shape index (κ3) is 3.37. The second-order valence-corrected chi connectivity index (χ2v) is 5.94. The van der Waals surface area contributed by atoms with Gasteiger partial charge in [-0.2, -0.15) is 0 Å². The lowest BCUT2D eigenvalue weighted by molar-refractivity contribution is -0.129. The van der Waals surface area contributed by atoms with Gasteiger partial charge in [0, 0.05) is 12.1 Å². The highest BCUT2D eigenvalue weighted by Crippen LogP contribution is 2.40. The van der Waals surface area contributed by atoms with Crippen molar-refractivity contribution < 1.29 is 19.8 Å². The molecule has 0 saturated heterocycles. The largest absolute Gasteiger partial charge is 0.508 e. The highest BCUT2D eigenvalue weighted by molar-refractivity contribution is 6.08. The van der Waals surface area contributed by atoms with E-state index < -0.39 is 17.7 Å². The van der Waals surface area contributed by atoms with Gasteiger partial charge in [-0.15, -0.1) is 0 Å². The SMILES string of the molecule is CC(=O)C1=C(O)C(=O)N(CCCN(C)C)C1c1ccccc1O. The van der Waals surface area contributed by atoms with Crippen LogP contribution in [0.25, 0.3) is 0 Å². The Morgan fingerprint density at radius 2 is 1.91 bits per heavy atom. The summed E-state index contributed by atoms with van der Waals surface area (Å²) in [7, 11) is 3.87. The van der Waals surface area contributed by atoms with Crippen LogP contribution >= 0.6 is 0 Å². The lowest BCUT2D eigenvalue weighted by Gasteiger charge is -2.27. The summed E-state index contributed by atoms with van der Waals surface area (Å²) in [5.41, 5.74) is 0.487. The number of amides is 1. The normalized spacial score (nSPS) is 18.2. The topological polar surface area (TPSA) is 81.1 Å². The molecule has 0 fully saturated rings. The van der Waals surface area contributed by atoms with Gasteiger partial charge in [-0.1, -0.05) is 18.2 Å². The molecule has 0 spiro atoms. The number of hydrogen-bond acceptors (Lipinski definition) is 5. The second-order valence-electron chi connectivity index (χ2n) is 5.94. The van der Waals surface area contributed by atoms with Crippen molar-refractivity contribution in [2.75, 3.05) is 27.2 Å². The van der Waals surface area contributed by atoms with Crippen molar-refractivity contribution in [3.8, 4) is 5.75 Å². The summed E-state index contributed by atoms with van der Waals surface area (Å²) in [6, 6.07) is 5.81. The van der Waals surface area contributed by atoms with E-state index in [1.807, 2.05) is 19.0 Å². The number of benzene rings is 1. The van der Waals surface area contributed by atoms with Gasteiger partial charge in [0.15, 0.2) is 11.5 Å². The number of phenols is 1. The molecule has 6 heteroatoms. The molecule has 0 aromatic heterocycles. The van der Waals surface area contributed by atoms with Crippen molar-refractivity contribution in [1.82, 2.24) is 9.80 Å². The number of nitrogens with zero attached hydrogens (tertiary/aromatic N) is 2. The zero-order valence-electron chi connectivity index (χ0n) is 13.6. The van der Waals surface area contributed by atoms with Crippen molar-refractivity contribution in [3.63, 3.8) is 0 Å². The number of carbonyl (C=O) groups is 2. The lowest BCUT2D eigenvalue weighted by Crippen LogP contribution is -2.33. The van der Waals surface area contributed by atoms with E-state index in [9.17, 15) is 19.8 Å². The molecule has 2 N–H and O–H groups in total. The van der Waals surface area contributed by atoms with Crippen LogP contribution in [0, 0.1) is 0 Å². The Labute approximate surface area is 135 Å². The van der Waals surface area contributed by atoms with E-state index in [1.165, 1.54) is 17.9 Å². The van der Waals surface area contributed by atoms with E-state index in [0.717, 1.165) is 6.54 Å². The van der Waals surface area contributed by atoms with Crippen LogP contribution in [0.1, 0.15) is 24.9 Å². The maximum absolute atomic E-state index is 12.4. The minimum atomic E-state index is -0.747. The van der Waals surface area contributed by atoms with Crippen LogP contribution in [0.5, 0.6) is 5.75 Å². The number of Topliss-reactive ketones (excluding diaryl/α,β-unsaturated/α-hetero) is 1. The zero-order chi connectivity index (χ0) is 17.1. The highest BCUT2D eigenvalue weighted by atomic mass is 16.3. The van der Waals surface area contributed by atoms with Gasteiger partial charge in [0.2, 0.25) is 0 Å². The summed E-state index contributed by atoms with van der Waals surface area (Å²) in [6.07, 6.45) is 0.696. The Morgan fingerprint density at radius 3 is 2.48 bits per heavy atom. The van der Waals surface area contributed by atoms with Crippen molar-refractivity contribution in [1.29, 1.82) is 0 Å². The third-order valence-corrected chi connectivity index (χ3v) is 3.92. The number of carbonyl (C=O) groups excluding carboxylic acids is 2. The molecule has 6 nitrogen and oxygen atoms in total. The molecular formula is C17H22N2O4. The lowest BCUT2D eigenvalue weighted by atomic mass is 9.96. The third-order valence-electron chi connectivity index (χ3n) is 3.92. The maximum Gasteiger partial charge on any atom is 0.290 e. The van der Waals surface area contributed by atoms with Crippen LogP contribution in [0.4, 0.5) is 0 Å². The van der Waals surface area contributed by atoms with Crippen molar-refractivity contribution >= 4 is 11.7 Å². The van der Waals surface area contributed by atoms with Crippen LogP contribution in [0.3, 0.4) is 0 Å². The van der Waals surface area contributed by atoms with Gasteiger partial charge in [-0.05, 0) is 40.1 Å². The molecule has 0 bridgehead atoms. The molecule has 1 heterocycles. The van der Waals surface area contributed by atoms with Crippen molar-refractivity contribution in [2.45, 2.75) is 19.4 Å². The predicted octanol–water partition coefficient (Wildman–Crippen LogP) is 1.63. The fourth-order valence-electron chi connectivity index (χ4n) is 2.84. The first-order chi connectivity index (χ1) is 10.8. The van der Waals surface area contributed by atoms with Crippen molar-refractivity contribution in [2.24, 2.45) is 0 Å². The van der Waals surface area contributed by atoms with E-state index in [0.29, 0.717) is 18.5 Å². The molecule has 124 valence electrons. The van der Waals surface area contributed by atoms with Gasteiger partial charge < -0.3 is 20.0 Å². The summed E-state index contributed by atoms with van der Waals surface area (Å²) in [5.74, 6) is -1.46. The van der Waals surface area contributed by atoms with Crippen LogP contribution in [0.15, 0.2) is 35.6 Å². The molecule has 0 saturated carbocycles. The van der Waals surface area contributed by atoms with Crippen LogP contribution < -0.4 is 0 Å². The van der Waals surface area contributed by atoms with Gasteiger partial charge >= 0.3 is 0 Å². The van der Waals surface area contributed by atoms with Crippen LogP contribution in [-0.4, -0.2) is 58.9 Å². The van der Waals surface area contributed by atoms with Gasteiger partial charge in [0.05, 0.1) is 11.6 Å². The Bertz CT molecular complexity index is 652. The van der Waals surface area contributed by atoms with Gasteiger partial charge in [0.1, 0.15) is 5.75 Å². The van der Waals surface area contributed by atoms with Gasteiger partial charge in [-0.25, -0.2) is 0 Å². The van der Waals surface area contributed by atoms with E-state index in [1.54, 1.807) is 18.2 Å².